The Morgan fingerprint density at radius 1 is 1.26 bits per heavy atom. The molecule has 2 aromatic carbocycles. The van der Waals surface area contributed by atoms with Crippen molar-refractivity contribution in [3.8, 4) is 17.2 Å². The molecule has 1 N–H and O–H groups in total. The number of ether oxygens (including phenoxy) is 1. The first kappa shape index (κ1) is 24.6. The van der Waals surface area contributed by atoms with E-state index in [0.29, 0.717) is 37.3 Å². The van der Waals surface area contributed by atoms with Gasteiger partial charge in [0, 0.05) is 23.2 Å². The van der Waals surface area contributed by atoms with Gasteiger partial charge in [-0.05, 0) is 62.7 Å². The number of halogens is 4. The van der Waals surface area contributed by atoms with Crippen molar-refractivity contribution < 1.29 is 31.6 Å². The van der Waals surface area contributed by atoms with Gasteiger partial charge in [-0.3, -0.25) is 9.69 Å². The van der Waals surface area contributed by atoms with Crippen LogP contribution in [0.5, 0.6) is 5.75 Å². The number of likely N-dealkylation sites (tertiary alicyclic amines) is 1. The summed E-state index contributed by atoms with van der Waals surface area (Å²) in [4.78, 5) is 19.2. The van der Waals surface area contributed by atoms with Crippen molar-refractivity contribution in [2.75, 3.05) is 19.0 Å². The largest absolute Gasteiger partial charge is 0.494 e. The van der Waals surface area contributed by atoms with Gasteiger partial charge in [-0.25, -0.2) is 4.39 Å². The SMILES string of the molecule is COc1cc(-c2nc(CN3CCC(C(=O)Nc4cccc(C(F)(F)F)c4)CC3C)no2)ccc1F. The zero-order chi connectivity index (χ0) is 25.2. The van der Waals surface area contributed by atoms with Gasteiger partial charge in [-0.15, -0.1) is 0 Å². The van der Waals surface area contributed by atoms with Crippen LogP contribution in [0.4, 0.5) is 23.2 Å². The van der Waals surface area contributed by atoms with Crippen LogP contribution in [-0.2, 0) is 17.5 Å². The maximum Gasteiger partial charge on any atom is 0.416 e. The van der Waals surface area contributed by atoms with Crippen LogP contribution in [0.2, 0.25) is 0 Å². The van der Waals surface area contributed by atoms with Gasteiger partial charge < -0.3 is 14.6 Å². The zero-order valence-corrected chi connectivity index (χ0v) is 19.1. The summed E-state index contributed by atoms with van der Waals surface area (Å²) in [5.74, 6) is -0.374. The summed E-state index contributed by atoms with van der Waals surface area (Å²) in [6, 6.07) is 8.87. The number of hydrogen-bond donors (Lipinski definition) is 1. The molecule has 186 valence electrons. The predicted octanol–water partition coefficient (Wildman–Crippen LogP) is 5.14. The number of carbonyl (C=O) groups excluding carboxylic acids is 1. The Balaban J connectivity index is 1.35. The highest BCUT2D eigenvalue weighted by Gasteiger charge is 2.32. The lowest BCUT2D eigenvalue weighted by atomic mass is 9.90. The third-order valence-corrected chi connectivity index (χ3v) is 6.05. The number of benzene rings is 2. The van der Waals surface area contributed by atoms with E-state index in [1.807, 2.05) is 6.92 Å². The van der Waals surface area contributed by atoms with Crippen LogP contribution in [0, 0.1) is 11.7 Å². The second-order valence-corrected chi connectivity index (χ2v) is 8.47. The number of aromatic nitrogens is 2. The number of hydrogen-bond acceptors (Lipinski definition) is 6. The Morgan fingerprint density at radius 2 is 2.06 bits per heavy atom. The molecule has 2 unspecified atom stereocenters. The Morgan fingerprint density at radius 3 is 2.77 bits per heavy atom. The number of amides is 1. The molecular formula is C24H24F4N4O3. The Kier molecular flexibility index (Phi) is 7.06. The maximum atomic E-state index is 13.6. The maximum absolute atomic E-state index is 13.6. The Labute approximate surface area is 199 Å². The second-order valence-electron chi connectivity index (χ2n) is 8.47. The van der Waals surface area contributed by atoms with Crippen molar-refractivity contribution in [2.24, 2.45) is 5.92 Å². The van der Waals surface area contributed by atoms with Gasteiger partial charge in [-0.2, -0.15) is 18.2 Å². The highest BCUT2D eigenvalue weighted by Crippen LogP contribution is 2.32. The van der Waals surface area contributed by atoms with Crippen LogP contribution in [0.25, 0.3) is 11.5 Å². The molecule has 7 nitrogen and oxygen atoms in total. The third-order valence-electron chi connectivity index (χ3n) is 6.05. The lowest BCUT2D eigenvalue weighted by Crippen LogP contribution is -2.43. The lowest BCUT2D eigenvalue weighted by Gasteiger charge is -2.36. The first-order valence-corrected chi connectivity index (χ1v) is 11.0. The first-order chi connectivity index (χ1) is 16.6. The summed E-state index contributed by atoms with van der Waals surface area (Å²) in [5.41, 5.74) is -0.159. The van der Waals surface area contributed by atoms with Crippen LogP contribution in [0.1, 0.15) is 31.2 Å². The molecule has 4 rings (SSSR count). The van der Waals surface area contributed by atoms with E-state index in [1.54, 1.807) is 0 Å². The molecule has 1 aromatic heterocycles. The van der Waals surface area contributed by atoms with E-state index in [9.17, 15) is 22.4 Å². The van der Waals surface area contributed by atoms with Gasteiger partial charge >= 0.3 is 6.18 Å². The topological polar surface area (TPSA) is 80.5 Å². The zero-order valence-electron chi connectivity index (χ0n) is 19.1. The molecule has 1 saturated heterocycles. The first-order valence-electron chi connectivity index (χ1n) is 11.0. The van der Waals surface area contributed by atoms with E-state index in [0.717, 1.165) is 12.1 Å². The molecular weight excluding hydrogens is 468 g/mol. The van der Waals surface area contributed by atoms with Crippen LogP contribution >= 0.6 is 0 Å². The Hall–Kier alpha value is -3.47. The number of methoxy groups -OCH3 is 1. The fourth-order valence-electron chi connectivity index (χ4n) is 4.12. The summed E-state index contributed by atoms with van der Waals surface area (Å²) in [6.07, 6.45) is -3.40. The van der Waals surface area contributed by atoms with Crippen LogP contribution in [-0.4, -0.2) is 40.6 Å². The highest BCUT2D eigenvalue weighted by atomic mass is 19.4. The summed E-state index contributed by atoms with van der Waals surface area (Å²) >= 11 is 0. The van der Waals surface area contributed by atoms with E-state index in [-0.39, 0.29) is 35.2 Å². The highest BCUT2D eigenvalue weighted by molar-refractivity contribution is 5.92. The molecule has 1 fully saturated rings. The predicted molar refractivity (Wildman–Crippen MR) is 119 cm³/mol. The number of piperidine rings is 1. The van der Waals surface area contributed by atoms with Gasteiger partial charge in [-0.1, -0.05) is 11.2 Å². The number of nitrogens with one attached hydrogen (secondary N) is 1. The molecule has 1 aliphatic heterocycles. The number of nitrogens with zero attached hydrogens (tertiary/aromatic N) is 3. The van der Waals surface area contributed by atoms with Gasteiger partial charge in [0.25, 0.3) is 5.89 Å². The van der Waals surface area contributed by atoms with Crippen LogP contribution in [0.3, 0.4) is 0 Å². The molecule has 1 amide bonds. The molecule has 0 spiro atoms. The molecule has 0 saturated carbocycles. The summed E-state index contributed by atoms with van der Waals surface area (Å²) in [6.45, 7) is 2.94. The molecule has 1 aliphatic rings. The smallest absolute Gasteiger partial charge is 0.416 e. The van der Waals surface area contributed by atoms with Gasteiger partial charge in [0.1, 0.15) is 0 Å². The van der Waals surface area contributed by atoms with Crippen molar-refractivity contribution in [3.05, 3.63) is 59.7 Å². The number of carbonyl (C=O) groups is 1. The van der Waals surface area contributed by atoms with E-state index in [2.05, 4.69) is 20.4 Å². The molecule has 2 atom stereocenters. The van der Waals surface area contributed by atoms with Crippen molar-refractivity contribution in [1.82, 2.24) is 15.0 Å². The van der Waals surface area contributed by atoms with Crippen LogP contribution in [0.15, 0.2) is 47.0 Å². The number of rotatable bonds is 6. The molecule has 3 aromatic rings. The quantitative estimate of drug-likeness (QED) is 0.480. The number of anilines is 1. The second kappa shape index (κ2) is 10.0. The monoisotopic (exact) mass is 492 g/mol. The van der Waals surface area contributed by atoms with Crippen molar-refractivity contribution in [3.63, 3.8) is 0 Å². The summed E-state index contributed by atoms with van der Waals surface area (Å²) in [7, 11) is 1.37. The third kappa shape index (κ3) is 5.79. The fraction of sp³-hybridized carbons (Fsp3) is 0.375. The lowest BCUT2D eigenvalue weighted by molar-refractivity contribution is -0.137. The minimum Gasteiger partial charge on any atom is -0.494 e. The number of alkyl halides is 3. The summed E-state index contributed by atoms with van der Waals surface area (Å²) in [5, 5.41) is 6.61. The molecule has 0 bridgehead atoms. The molecule has 35 heavy (non-hydrogen) atoms. The van der Waals surface area contributed by atoms with Gasteiger partial charge in [0.15, 0.2) is 17.4 Å². The average molecular weight is 492 g/mol. The minimum absolute atomic E-state index is 0.00822. The normalized spacial score (nSPS) is 18.9. The van der Waals surface area contributed by atoms with Crippen LogP contribution < -0.4 is 10.1 Å². The molecule has 0 radical (unpaired) electrons. The standard InChI is InChI=1S/C24H24F4N4O3/c1-14-10-15(22(33)29-18-5-3-4-17(12-18)24(26,27)28)8-9-32(14)13-21-30-23(35-31-21)16-6-7-19(25)20(11-16)34-2/h3-7,11-12,14-15H,8-10,13H2,1-2H3,(H,29,33). The van der Waals surface area contributed by atoms with Gasteiger partial charge in [0.2, 0.25) is 5.91 Å². The van der Waals surface area contributed by atoms with Crippen molar-refractivity contribution in [2.45, 2.75) is 38.5 Å². The average Bonchev–Trinajstić information content (AvgIpc) is 3.29. The van der Waals surface area contributed by atoms with E-state index >= 15 is 0 Å². The minimum atomic E-state index is -4.47. The molecule has 0 aliphatic carbocycles. The Bertz CT molecular complexity index is 1200. The fourth-order valence-corrected chi connectivity index (χ4v) is 4.12. The van der Waals surface area contributed by atoms with Gasteiger partial charge in [0.05, 0.1) is 19.2 Å². The molecule has 2 heterocycles. The summed E-state index contributed by atoms with van der Waals surface area (Å²) < 4.78 is 62.7. The van der Waals surface area contributed by atoms with E-state index in [4.69, 9.17) is 9.26 Å². The van der Waals surface area contributed by atoms with Crippen molar-refractivity contribution in [1.29, 1.82) is 0 Å². The molecule has 11 heteroatoms. The van der Waals surface area contributed by atoms with E-state index in [1.165, 1.54) is 37.4 Å². The van der Waals surface area contributed by atoms with E-state index < -0.39 is 17.6 Å². The van der Waals surface area contributed by atoms with Crippen molar-refractivity contribution >= 4 is 11.6 Å².